The maximum absolute atomic E-state index is 14.4. The predicted octanol–water partition coefficient (Wildman–Crippen LogP) is 5.15. The van der Waals surface area contributed by atoms with Gasteiger partial charge in [0.05, 0.1) is 31.5 Å². The first kappa shape index (κ1) is 22.8. The molecule has 4 aromatic rings. The highest BCUT2D eigenvalue weighted by molar-refractivity contribution is 9.10. The second kappa shape index (κ2) is 10.1. The van der Waals surface area contributed by atoms with Gasteiger partial charge in [0.2, 0.25) is 0 Å². The molecule has 9 heteroatoms. The molecular formula is C25H24BrFN4O3. The number of benzene rings is 3. The monoisotopic (exact) mass is 526 g/mol. The Labute approximate surface area is 205 Å². The summed E-state index contributed by atoms with van der Waals surface area (Å²) in [6.45, 7) is 4.76. The lowest BCUT2D eigenvalue weighted by Crippen LogP contribution is -2.38. The molecule has 0 bridgehead atoms. The zero-order valence-electron chi connectivity index (χ0n) is 18.7. The molecule has 0 spiro atoms. The molecule has 0 atom stereocenters. The molecule has 1 saturated heterocycles. The molecule has 0 radical (unpaired) electrons. The van der Waals surface area contributed by atoms with E-state index < -0.39 is 0 Å². The number of halogens is 2. The van der Waals surface area contributed by atoms with Gasteiger partial charge in [-0.15, -0.1) is 0 Å². The van der Waals surface area contributed by atoms with Crippen LogP contribution < -0.4 is 14.8 Å². The molecule has 1 aliphatic rings. The van der Waals surface area contributed by atoms with E-state index in [0.29, 0.717) is 34.1 Å². The molecule has 7 nitrogen and oxygen atoms in total. The number of hydrogen-bond acceptors (Lipinski definition) is 7. The summed E-state index contributed by atoms with van der Waals surface area (Å²) in [6.07, 6.45) is 1.47. The normalized spacial score (nSPS) is 14.4. The lowest BCUT2D eigenvalue weighted by atomic mass is 10.1. The minimum atomic E-state index is -0.373. The molecule has 0 aliphatic carbocycles. The summed E-state index contributed by atoms with van der Waals surface area (Å²) in [5, 5.41) is 5.78. The number of aromatic nitrogens is 2. The van der Waals surface area contributed by atoms with Crippen LogP contribution in [0.5, 0.6) is 11.5 Å². The van der Waals surface area contributed by atoms with Gasteiger partial charge < -0.3 is 19.5 Å². The van der Waals surface area contributed by atoms with Crippen LogP contribution in [0.1, 0.15) is 0 Å². The quantitative estimate of drug-likeness (QED) is 0.334. The molecule has 176 valence electrons. The van der Waals surface area contributed by atoms with Gasteiger partial charge in [-0.1, -0.05) is 15.9 Å². The van der Waals surface area contributed by atoms with E-state index in [1.807, 2.05) is 24.3 Å². The summed E-state index contributed by atoms with van der Waals surface area (Å²) in [4.78, 5) is 11.1. The maximum Gasteiger partial charge on any atom is 0.161 e. The third-order valence-electron chi connectivity index (χ3n) is 5.83. The van der Waals surface area contributed by atoms with E-state index in [9.17, 15) is 4.39 Å². The van der Waals surface area contributed by atoms with E-state index in [1.54, 1.807) is 19.2 Å². The standard InChI is InChI=1S/C25H24BrFN4O3/c1-32-23-12-16-10-19-22(28-15-29-25(19)30-21-3-2-18(26)14-20(21)27)11-17(16)13-24(23)34-9-6-31-4-7-33-8-5-31/h2-3,10-15H,4-9H2,1H3,(H,28,29,30). The molecule has 0 unspecified atom stereocenters. The number of nitrogens with zero attached hydrogens (tertiary/aromatic N) is 3. The number of methoxy groups -OCH3 is 1. The Hall–Kier alpha value is -3.01. The summed E-state index contributed by atoms with van der Waals surface area (Å²) in [5.41, 5.74) is 1.08. The smallest absolute Gasteiger partial charge is 0.161 e. The van der Waals surface area contributed by atoms with Gasteiger partial charge in [0.1, 0.15) is 24.6 Å². The lowest BCUT2D eigenvalue weighted by Gasteiger charge is -2.26. The van der Waals surface area contributed by atoms with Gasteiger partial charge in [0.15, 0.2) is 11.5 Å². The van der Waals surface area contributed by atoms with Gasteiger partial charge in [0, 0.05) is 29.5 Å². The summed E-state index contributed by atoms with van der Waals surface area (Å²) < 4.78 is 32.1. The van der Waals surface area contributed by atoms with Crippen LogP contribution in [0.3, 0.4) is 0 Å². The van der Waals surface area contributed by atoms with Crippen molar-refractivity contribution >= 4 is 49.1 Å². The van der Waals surface area contributed by atoms with Crippen molar-refractivity contribution in [1.82, 2.24) is 14.9 Å². The highest BCUT2D eigenvalue weighted by Gasteiger charge is 2.14. The maximum atomic E-state index is 14.4. The molecule has 2 heterocycles. The second-order valence-corrected chi connectivity index (χ2v) is 8.91. The first-order chi connectivity index (χ1) is 16.6. The Kier molecular flexibility index (Phi) is 6.75. The fraction of sp³-hybridized carbons (Fsp3) is 0.280. The van der Waals surface area contributed by atoms with Gasteiger partial charge in [-0.05, 0) is 53.2 Å². The Bertz CT molecular complexity index is 1330. The average Bonchev–Trinajstić information content (AvgIpc) is 2.85. The van der Waals surface area contributed by atoms with E-state index in [0.717, 1.165) is 54.5 Å². The number of fused-ring (bicyclic) bond motifs is 2. The number of anilines is 2. The van der Waals surface area contributed by atoms with Gasteiger partial charge >= 0.3 is 0 Å². The fourth-order valence-corrected chi connectivity index (χ4v) is 4.34. The van der Waals surface area contributed by atoms with Crippen molar-refractivity contribution in [2.75, 3.05) is 51.9 Å². The summed E-state index contributed by atoms with van der Waals surface area (Å²) in [7, 11) is 1.63. The van der Waals surface area contributed by atoms with Crippen molar-refractivity contribution in [2.45, 2.75) is 0 Å². The molecule has 1 aromatic heterocycles. The van der Waals surface area contributed by atoms with Crippen molar-refractivity contribution in [3.8, 4) is 11.5 Å². The molecule has 3 aromatic carbocycles. The van der Waals surface area contributed by atoms with Crippen LogP contribution in [0.15, 0.2) is 53.3 Å². The molecule has 1 fully saturated rings. The van der Waals surface area contributed by atoms with Crippen molar-refractivity contribution in [3.63, 3.8) is 0 Å². The minimum absolute atomic E-state index is 0.338. The molecule has 0 amide bonds. The van der Waals surface area contributed by atoms with Gasteiger partial charge in [-0.25, -0.2) is 14.4 Å². The van der Waals surface area contributed by atoms with E-state index in [2.05, 4.69) is 36.1 Å². The number of morpholine rings is 1. The molecule has 5 rings (SSSR count). The highest BCUT2D eigenvalue weighted by atomic mass is 79.9. The lowest BCUT2D eigenvalue weighted by molar-refractivity contribution is 0.0321. The molecule has 0 saturated carbocycles. The van der Waals surface area contributed by atoms with Crippen molar-refractivity contribution in [3.05, 3.63) is 59.1 Å². The predicted molar refractivity (Wildman–Crippen MR) is 134 cm³/mol. The van der Waals surface area contributed by atoms with Gasteiger partial charge in [-0.3, -0.25) is 4.90 Å². The van der Waals surface area contributed by atoms with Crippen molar-refractivity contribution in [2.24, 2.45) is 0 Å². The summed E-state index contributed by atoms with van der Waals surface area (Å²) in [6, 6.07) is 12.7. The number of nitrogens with one attached hydrogen (secondary N) is 1. The SMILES string of the molecule is COc1cc2cc3c(Nc4ccc(Br)cc4F)ncnc3cc2cc1OCCN1CCOCC1. The third-order valence-corrected chi connectivity index (χ3v) is 6.32. The van der Waals surface area contributed by atoms with Crippen LogP contribution in [0.4, 0.5) is 15.9 Å². The first-order valence-electron chi connectivity index (χ1n) is 11.0. The number of hydrogen-bond donors (Lipinski definition) is 1. The molecular weight excluding hydrogens is 503 g/mol. The fourth-order valence-electron chi connectivity index (χ4n) is 4.01. The molecule has 34 heavy (non-hydrogen) atoms. The van der Waals surface area contributed by atoms with E-state index in [4.69, 9.17) is 14.2 Å². The van der Waals surface area contributed by atoms with E-state index in [-0.39, 0.29) is 5.82 Å². The van der Waals surface area contributed by atoms with Crippen molar-refractivity contribution in [1.29, 1.82) is 0 Å². The van der Waals surface area contributed by atoms with Crippen LogP contribution in [0, 0.1) is 5.82 Å². The van der Waals surface area contributed by atoms with Crippen LogP contribution >= 0.6 is 15.9 Å². The summed E-state index contributed by atoms with van der Waals surface area (Å²) in [5.74, 6) is 1.49. The number of ether oxygens (including phenoxy) is 3. The van der Waals surface area contributed by atoms with Gasteiger partial charge in [-0.2, -0.15) is 0 Å². The zero-order chi connectivity index (χ0) is 23.5. The average molecular weight is 527 g/mol. The van der Waals surface area contributed by atoms with E-state index in [1.165, 1.54) is 12.4 Å². The Morgan fingerprint density at radius 1 is 1.06 bits per heavy atom. The number of rotatable bonds is 7. The van der Waals surface area contributed by atoms with Crippen molar-refractivity contribution < 1.29 is 18.6 Å². The molecule has 1 N–H and O–H groups in total. The second-order valence-electron chi connectivity index (χ2n) is 7.99. The molecule has 1 aliphatic heterocycles. The zero-order valence-corrected chi connectivity index (χ0v) is 20.3. The Morgan fingerprint density at radius 3 is 2.65 bits per heavy atom. The van der Waals surface area contributed by atoms with E-state index >= 15 is 0 Å². The topological polar surface area (TPSA) is 68.7 Å². The van der Waals surface area contributed by atoms with Crippen LogP contribution in [0.25, 0.3) is 21.7 Å². The third kappa shape index (κ3) is 4.91. The van der Waals surface area contributed by atoms with Crippen LogP contribution in [-0.2, 0) is 4.74 Å². The Balaban J connectivity index is 1.44. The van der Waals surface area contributed by atoms with Crippen LogP contribution in [0.2, 0.25) is 0 Å². The largest absolute Gasteiger partial charge is 0.493 e. The minimum Gasteiger partial charge on any atom is -0.493 e. The summed E-state index contributed by atoms with van der Waals surface area (Å²) >= 11 is 3.28. The first-order valence-corrected chi connectivity index (χ1v) is 11.8. The Morgan fingerprint density at radius 2 is 1.85 bits per heavy atom. The van der Waals surface area contributed by atoms with Crippen LogP contribution in [-0.4, -0.2) is 61.4 Å². The highest BCUT2D eigenvalue weighted by Crippen LogP contribution is 2.36. The van der Waals surface area contributed by atoms with Gasteiger partial charge in [0.25, 0.3) is 0 Å².